The van der Waals surface area contributed by atoms with Gasteiger partial charge in [0.1, 0.15) is 0 Å². The molecule has 3 heterocycles. The van der Waals surface area contributed by atoms with Gasteiger partial charge in [0, 0.05) is 38.8 Å². The molecule has 1 aromatic carbocycles. The van der Waals surface area contributed by atoms with Crippen molar-refractivity contribution >= 4 is 11.6 Å². The maximum Gasteiger partial charge on any atom is 0.269 e. The zero-order valence-electron chi connectivity index (χ0n) is 17.0. The number of benzene rings is 1. The van der Waals surface area contributed by atoms with E-state index in [0.29, 0.717) is 13.1 Å². The number of anilines is 1. The van der Waals surface area contributed by atoms with Crippen molar-refractivity contribution in [1.29, 1.82) is 0 Å². The van der Waals surface area contributed by atoms with Crippen molar-refractivity contribution in [3.63, 3.8) is 0 Å². The predicted octanol–water partition coefficient (Wildman–Crippen LogP) is 1.28. The van der Waals surface area contributed by atoms with Crippen LogP contribution in [0.1, 0.15) is 18.4 Å². The molecule has 0 bridgehead atoms. The van der Waals surface area contributed by atoms with Crippen LogP contribution in [-0.4, -0.2) is 71.8 Å². The molecule has 154 valence electrons. The second-order valence-corrected chi connectivity index (χ2v) is 8.11. The quantitative estimate of drug-likeness (QED) is 0.781. The molecule has 1 aromatic heterocycles. The van der Waals surface area contributed by atoms with Crippen LogP contribution in [-0.2, 0) is 11.3 Å². The van der Waals surface area contributed by atoms with Crippen molar-refractivity contribution in [3.8, 4) is 0 Å². The Kier molecular flexibility index (Phi) is 5.94. The first-order valence-corrected chi connectivity index (χ1v) is 10.4. The maximum absolute atomic E-state index is 13.0. The van der Waals surface area contributed by atoms with Gasteiger partial charge in [-0.2, -0.15) is 5.10 Å². The topological polar surface area (TPSA) is 61.7 Å². The molecule has 7 nitrogen and oxygen atoms in total. The lowest BCUT2D eigenvalue weighted by molar-refractivity contribution is -0.134. The molecule has 0 saturated carbocycles. The van der Waals surface area contributed by atoms with Gasteiger partial charge in [-0.3, -0.25) is 9.59 Å². The molecular formula is C22H29N5O2. The molecule has 29 heavy (non-hydrogen) atoms. The molecule has 2 aliphatic heterocycles. The summed E-state index contributed by atoms with van der Waals surface area (Å²) in [5, 5.41) is 4.36. The van der Waals surface area contributed by atoms with E-state index in [-0.39, 0.29) is 17.4 Å². The molecule has 4 rings (SSSR count). The highest BCUT2D eigenvalue weighted by molar-refractivity contribution is 5.80. The minimum absolute atomic E-state index is 0.00477. The fourth-order valence-corrected chi connectivity index (χ4v) is 4.19. The highest BCUT2D eigenvalue weighted by Gasteiger charge is 2.32. The first kappa shape index (κ1) is 19.6. The lowest BCUT2D eigenvalue weighted by atomic mass is 10.1. The third kappa shape index (κ3) is 4.67. The Bertz CT molecular complexity index is 898. The Morgan fingerprint density at radius 1 is 1.10 bits per heavy atom. The smallest absolute Gasteiger partial charge is 0.269 e. The third-order valence-corrected chi connectivity index (χ3v) is 5.96. The normalized spacial score (nSPS) is 20.7. The van der Waals surface area contributed by atoms with Crippen molar-refractivity contribution in [2.75, 3.05) is 51.2 Å². The minimum Gasteiger partial charge on any atom is -0.369 e. The van der Waals surface area contributed by atoms with Gasteiger partial charge < -0.3 is 14.7 Å². The van der Waals surface area contributed by atoms with Crippen LogP contribution in [0.5, 0.6) is 0 Å². The van der Waals surface area contributed by atoms with Crippen LogP contribution in [0, 0.1) is 5.92 Å². The number of rotatable bonds is 4. The first-order chi connectivity index (χ1) is 14.1. The fraction of sp³-hybridized carbons (Fsp3) is 0.500. The maximum atomic E-state index is 13.0. The number of carbonyl (C=O) groups excluding carboxylic acids is 1. The summed E-state index contributed by atoms with van der Waals surface area (Å²) >= 11 is 0. The van der Waals surface area contributed by atoms with Gasteiger partial charge in [-0.1, -0.05) is 30.3 Å². The zero-order chi connectivity index (χ0) is 20.2. The second kappa shape index (κ2) is 8.78. The number of likely N-dealkylation sites (N-methyl/N-ethyl adjacent to an activating group) is 1. The van der Waals surface area contributed by atoms with Crippen molar-refractivity contribution in [2.45, 2.75) is 19.4 Å². The molecule has 0 N–H and O–H groups in total. The molecular weight excluding hydrogens is 366 g/mol. The van der Waals surface area contributed by atoms with Crippen molar-refractivity contribution in [1.82, 2.24) is 19.6 Å². The standard InChI is InChI=1S/C22H29N5O2/c1-24-9-5-10-25(13-12-24)22(29)19-8-11-26(17-19)20-14-21(28)27(23-15-20)16-18-6-3-2-4-7-18/h2-4,6-7,14-15,19H,5,8-13,16-17H2,1H3. The Morgan fingerprint density at radius 3 is 2.72 bits per heavy atom. The van der Waals surface area contributed by atoms with E-state index in [0.717, 1.165) is 56.8 Å². The Balaban J connectivity index is 1.39. The van der Waals surface area contributed by atoms with E-state index in [1.54, 1.807) is 12.3 Å². The first-order valence-electron chi connectivity index (χ1n) is 10.4. The molecule has 7 heteroatoms. The number of hydrogen-bond donors (Lipinski definition) is 0. The van der Waals surface area contributed by atoms with E-state index in [4.69, 9.17) is 0 Å². The third-order valence-electron chi connectivity index (χ3n) is 5.96. The number of carbonyl (C=O) groups is 1. The van der Waals surface area contributed by atoms with E-state index in [2.05, 4.69) is 21.9 Å². The minimum atomic E-state index is -0.114. The Morgan fingerprint density at radius 2 is 1.93 bits per heavy atom. The SMILES string of the molecule is CN1CCCN(C(=O)C2CCN(c3cnn(Cc4ccccc4)c(=O)c3)C2)CC1. The average molecular weight is 396 g/mol. The number of hydrogen-bond acceptors (Lipinski definition) is 5. The van der Waals surface area contributed by atoms with E-state index in [1.165, 1.54) is 4.68 Å². The van der Waals surface area contributed by atoms with E-state index < -0.39 is 0 Å². The summed E-state index contributed by atoms with van der Waals surface area (Å²) in [6, 6.07) is 11.5. The van der Waals surface area contributed by atoms with Gasteiger partial charge in [-0.25, -0.2) is 4.68 Å². The molecule has 0 aliphatic carbocycles. The van der Waals surface area contributed by atoms with Crippen molar-refractivity contribution in [3.05, 3.63) is 58.5 Å². The van der Waals surface area contributed by atoms with Gasteiger partial charge in [0.05, 0.1) is 24.3 Å². The fourth-order valence-electron chi connectivity index (χ4n) is 4.19. The van der Waals surface area contributed by atoms with Crippen LogP contribution in [0.2, 0.25) is 0 Å². The molecule has 2 aromatic rings. The number of amides is 1. The number of aromatic nitrogens is 2. The van der Waals surface area contributed by atoms with Gasteiger partial charge in [0.25, 0.3) is 5.56 Å². The average Bonchev–Trinajstić information content (AvgIpc) is 3.12. The van der Waals surface area contributed by atoms with Crippen LogP contribution < -0.4 is 10.5 Å². The van der Waals surface area contributed by atoms with Gasteiger partial charge in [-0.05, 0) is 32.0 Å². The summed E-state index contributed by atoms with van der Waals surface area (Å²) in [6.07, 6.45) is 3.61. The van der Waals surface area contributed by atoms with Crippen LogP contribution >= 0.6 is 0 Å². The molecule has 1 atom stereocenters. The monoisotopic (exact) mass is 395 g/mol. The highest BCUT2D eigenvalue weighted by atomic mass is 16.2. The Labute approximate surface area is 171 Å². The molecule has 2 aliphatic rings. The van der Waals surface area contributed by atoms with Crippen molar-refractivity contribution in [2.24, 2.45) is 5.92 Å². The predicted molar refractivity (Wildman–Crippen MR) is 113 cm³/mol. The van der Waals surface area contributed by atoms with Crippen LogP contribution in [0.25, 0.3) is 0 Å². The van der Waals surface area contributed by atoms with E-state index in [1.807, 2.05) is 35.2 Å². The zero-order valence-corrected chi connectivity index (χ0v) is 17.0. The van der Waals surface area contributed by atoms with Crippen molar-refractivity contribution < 1.29 is 4.79 Å². The molecule has 1 unspecified atom stereocenters. The highest BCUT2D eigenvalue weighted by Crippen LogP contribution is 2.24. The Hall–Kier alpha value is -2.67. The van der Waals surface area contributed by atoms with Gasteiger partial charge in [0.15, 0.2) is 0 Å². The van der Waals surface area contributed by atoms with Crippen LogP contribution in [0.4, 0.5) is 5.69 Å². The molecule has 2 saturated heterocycles. The van der Waals surface area contributed by atoms with Crippen LogP contribution in [0.3, 0.4) is 0 Å². The largest absolute Gasteiger partial charge is 0.369 e. The second-order valence-electron chi connectivity index (χ2n) is 8.11. The summed E-state index contributed by atoms with van der Waals surface area (Å²) in [6.45, 7) is 5.55. The molecule has 2 fully saturated rings. The molecule has 1 amide bonds. The summed E-state index contributed by atoms with van der Waals surface area (Å²) in [5.74, 6) is 0.262. The number of nitrogens with zero attached hydrogens (tertiary/aromatic N) is 5. The summed E-state index contributed by atoms with van der Waals surface area (Å²) < 4.78 is 1.48. The summed E-state index contributed by atoms with van der Waals surface area (Å²) in [4.78, 5) is 31.9. The van der Waals surface area contributed by atoms with E-state index in [9.17, 15) is 9.59 Å². The lowest BCUT2D eigenvalue weighted by Crippen LogP contribution is -2.39. The van der Waals surface area contributed by atoms with E-state index >= 15 is 0 Å². The summed E-state index contributed by atoms with van der Waals surface area (Å²) in [5.41, 5.74) is 1.74. The van der Waals surface area contributed by atoms with Gasteiger partial charge in [0.2, 0.25) is 5.91 Å². The lowest BCUT2D eigenvalue weighted by Gasteiger charge is -2.24. The van der Waals surface area contributed by atoms with Gasteiger partial charge in [-0.15, -0.1) is 0 Å². The van der Waals surface area contributed by atoms with Gasteiger partial charge >= 0.3 is 0 Å². The molecule has 0 radical (unpaired) electrons. The summed E-state index contributed by atoms with van der Waals surface area (Å²) in [7, 11) is 2.11. The molecule has 0 spiro atoms. The van der Waals surface area contributed by atoms with Crippen LogP contribution in [0.15, 0.2) is 47.4 Å².